The Morgan fingerprint density at radius 2 is 1.84 bits per heavy atom. The molecule has 1 aliphatic rings. The van der Waals surface area contributed by atoms with Crippen molar-refractivity contribution in [2.45, 2.75) is 69.3 Å². The number of ether oxygens (including phenoxy) is 1. The number of benzene rings is 2. The summed E-state index contributed by atoms with van der Waals surface area (Å²) in [6.45, 7) is 3.63. The highest BCUT2D eigenvalue weighted by atomic mass is 32.2. The monoisotopic (exact) mass is 721 g/mol. The lowest BCUT2D eigenvalue weighted by Gasteiger charge is -2.34. The number of piperidine rings is 1. The first-order valence-corrected chi connectivity index (χ1v) is 17.7. The van der Waals surface area contributed by atoms with Gasteiger partial charge in [0.25, 0.3) is 10.0 Å². The van der Waals surface area contributed by atoms with E-state index in [0.717, 1.165) is 47.5 Å². The van der Waals surface area contributed by atoms with Gasteiger partial charge in [-0.2, -0.15) is 13.2 Å². The molecular formula is C34H42F3N5O7S. The van der Waals surface area contributed by atoms with Crippen molar-refractivity contribution >= 4 is 44.1 Å². The van der Waals surface area contributed by atoms with Gasteiger partial charge in [-0.25, -0.2) is 13.1 Å². The van der Waals surface area contributed by atoms with E-state index in [1.54, 1.807) is 31.2 Å². The number of aliphatic hydroxyl groups is 1. The predicted octanol–water partition coefficient (Wildman–Crippen LogP) is 3.80. The molecule has 0 radical (unpaired) electrons. The maximum absolute atomic E-state index is 13.8. The number of carbonyl (C=O) groups excluding carboxylic acids is 2. The van der Waals surface area contributed by atoms with E-state index >= 15 is 0 Å². The predicted molar refractivity (Wildman–Crippen MR) is 182 cm³/mol. The first-order chi connectivity index (χ1) is 23.6. The summed E-state index contributed by atoms with van der Waals surface area (Å²) in [6, 6.07) is 9.90. The van der Waals surface area contributed by atoms with Crippen LogP contribution in [0.4, 0.5) is 24.5 Å². The molecule has 0 saturated carbocycles. The molecule has 3 aromatic rings. The molecule has 1 aliphatic heterocycles. The van der Waals surface area contributed by atoms with Crippen LogP contribution in [0.15, 0.2) is 47.4 Å². The molecular weight excluding hydrogens is 679 g/mol. The van der Waals surface area contributed by atoms with Crippen LogP contribution in [0, 0.1) is 11.8 Å². The molecule has 0 bridgehead atoms. The molecule has 1 aromatic heterocycles. The van der Waals surface area contributed by atoms with Crippen molar-refractivity contribution in [2.24, 2.45) is 0 Å². The lowest BCUT2D eigenvalue weighted by molar-refractivity contribution is -0.140. The van der Waals surface area contributed by atoms with Gasteiger partial charge in [0.15, 0.2) is 0 Å². The number of nitrogens with zero attached hydrogens (tertiary/aromatic N) is 3. The molecule has 1 fully saturated rings. The molecule has 4 rings (SSSR count). The summed E-state index contributed by atoms with van der Waals surface area (Å²) in [5.74, 6) is 3.75. The molecule has 0 spiro atoms. The quantitative estimate of drug-likeness (QED) is 0.193. The topological polar surface area (TPSA) is 153 Å². The fourth-order valence-corrected chi connectivity index (χ4v) is 6.85. The fraction of sp³-hybridized carbons (Fsp3) is 0.471. The first kappa shape index (κ1) is 38.5. The van der Waals surface area contributed by atoms with E-state index in [9.17, 15) is 41.4 Å². The average molecular weight is 722 g/mol. The number of carbonyl (C=O) groups is 2. The molecule has 1 unspecified atom stereocenters. The minimum atomic E-state index is -4.55. The summed E-state index contributed by atoms with van der Waals surface area (Å²) in [5, 5.41) is 24.8. The van der Waals surface area contributed by atoms with Crippen molar-refractivity contribution in [1.82, 2.24) is 14.2 Å². The number of aromatic nitrogens is 1. The third kappa shape index (κ3) is 9.90. The normalized spacial score (nSPS) is 14.9. The van der Waals surface area contributed by atoms with Crippen LogP contribution in [0.2, 0.25) is 0 Å². The molecule has 12 nitrogen and oxygen atoms in total. The van der Waals surface area contributed by atoms with Gasteiger partial charge in [-0.15, -0.1) is 0 Å². The Morgan fingerprint density at radius 1 is 1.12 bits per heavy atom. The summed E-state index contributed by atoms with van der Waals surface area (Å²) in [4.78, 5) is 27.4. The third-order valence-electron chi connectivity index (χ3n) is 8.23. The van der Waals surface area contributed by atoms with Crippen molar-refractivity contribution in [2.75, 3.05) is 50.1 Å². The Hall–Kier alpha value is -4.30. The maximum Gasteiger partial charge on any atom is 0.406 e. The van der Waals surface area contributed by atoms with Gasteiger partial charge in [-0.05, 0) is 49.1 Å². The number of amides is 2. The first-order valence-electron chi connectivity index (χ1n) is 16.2. The minimum absolute atomic E-state index is 0.0102. The summed E-state index contributed by atoms with van der Waals surface area (Å²) in [6.07, 6.45) is -3.71. The number of phenols is 1. The Morgan fingerprint density at radius 3 is 2.46 bits per heavy atom. The van der Waals surface area contributed by atoms with E-state index in [4.69, 9.17) is 4.74 Å². The van der Waals surface area contributed by atoms with E-state index in [0.29, 0.717) is 23.1 Å². The van der Waals surface area contributed by atoms with Crippen LogP contribution in [0.1, 0.15) is 45.2 Å². The van der Waals surface area contributed by atoms with Gasteiger partial charge in [0.1, 0.15) is 12.3 Å². The zero-order valence-corrected chi connectivity index (χ0v) is 28.9. The average Bonchev–Trinajstić information content (AvgIpc) is 3.40. The van der Waals surface area contributed by atoms with Crippen LogP contribution in [0.5, 0.6) is 5.75 Å². The number of aromatic hydroxyl groups is 1. The largest absolute Gasteiger partial charge is 0.506 e. The standard InChI is InChI=1S/C34H42F3N5O7S/c1-4-32(45)39-50(47,48)26-11-12-30(31(44)19-26)41(33(46)5-2)15-7-8-24-18-27-28(9-6-10-29(27)42(24)22-34(35,36)37)38-23-13-16-40(17-14-23)20-25(43)21-49-3/h6,9-12,18-19,23,25,38,43-44H,4-5,13-17,20-22H2,1-3H3,(H,39,45). The number of methoxy groups -OCH3 is 1. The van der Waals surface area contributed by atoms with Crippen LogP contribution < -0.4 is 14.9 Å². The molecule has 4 N–H and O–H groups in total. The number of fused-ring (bicyclic) bond motifs is 1. The van der Waals surface area contributed by atoms with E-state index in [1.165, 1.54) is 20.1 Å². The Labute approximate surface area is 289 Å². The summed E-state index contributed by atoms with van der Waals surface area (Å²) < 4.78 is 74.3. The van der Waals surface area contributed by atoms with Gasteiger partial charge in [0.2, 0.25) is 11.8 Å². The van der Waals surface area contributed by atoms with Crippen LogP contribution in [0.3, 0.4) is 0 Å². The Balaban J connectivity index is 1.60. The molecule has 50 heavy (non-hydrogen) atoms. The van der Waals surface area contributed by atoms with Crippen LogP contribution >= 0.6 is 0 Å². The Kier molecular flexibility index (Phi) is 12.8. The highest BCUT2D eigenvalue weighted by Crippen LogP contribution is 2.32. The number of hydrogen-bond acceptors (Lipinski definition) is 9. The lowest BCUT2D eigenvalue weighted by atomic mass is 10.0. The second-order valence-electron chi connectivity index (χ2n) is 12.0. The van der Waals surface area contributed by atoms with Crippen LogP contribution in [-0.2, 0) is 30.9 Å². The van der Waals surface area contributed by atoms with Crippen molar-refractivity contribution in [1.29, 1.82) is 0 Å². The molecule has 16 heteroatoms. The zero-order valence-electron chi connectivity index (χ0n) is 28.1. The smallest absolute Gasteiger partial charge is 0.406 e. The van der Waals surface area contributed by atoms with Crippen molar-refractivity contribution in [3.63, 3.8) is 0 Å². The fourth-order valence-electron chi connectivity index (χ4n) is 5.77. The molecule has 1 saturated heterocycles. The van der Waals surface area contributed by atoms with Gasteiger partial charge in [-0.3, -0.25) is 14.5 Å². The number of sulfonamides is 1. The number of β-amino-alcohol motifs (C(OH)–C–C–N with tert-alkyl or cyclic N) is 1. The zero-order chi connectivity index (χ0) is 36.6. The summed E-state index contributed by atoms with van der Waals surface area (Å²) in [5.41, 5.74) is 0.980. The van der Waals surface area contributed by atoms with E-state index in [2.05, 4.69) is 22.1 Å². The molecule has 2 heterocycles. The number of rotatable bonds is 13. The number of nitrogens with one attached hydrogen (secondary N) is 2. The van der Waals surface area contributed by atoms with Gasteiger partial charge >= 0.3 is 6.18 Å². The van der Waals surface area contributed by atoms with Crippen LogP contribution in [-0.4, -0.2) is 98.1 Å². The highest BCUT2D eigenvalue weighted by Gasteiger charge is 2.30. The molecule has 1 atom stereocenters. The maximum atomic E-state index is 13.8. The minimum Gasteiger partial charge on any atom is -0.506 e. The second kappa shape index (κ2) is 16.6. The summed E-state index contributed by atoms with van der Waals surface area (Å²) >= 11 is 0. The van der Waals surface area contributed by atoms with E-state index in [1.807, 2.05) is 4.72 Å². The van der Waals surface area contributed by atoms with E-state index in [-0.39, 0.29) is 43.4 Å². The number of hydrogen-bond donors (Lipinski definition) is 4. The van der Waals surface area contributed by atoms with Crippen molar-refractivity contribution in [3.8, 4) is 17.6 Å². The van der Waals surface area contributed by atoms with Gasteiger partial charge in [0, 0.05) is 62.8 Å². The molecule has 0 aliphatic carbocycles. The number of aliphatic hydroxyl groups excluding tert-OH is 1. The van der Waals surface area contributed by atoms with Crippen LogP contribution in [0.25, 0.3) is 10.9 Å². The second-order valence-corrected chi connectivity index (χ2v) is 13.6. The molecule has 2 aromatic carbocycles. The van der Waals surface area contributed by atoms with Gasteiger partial charge in [-0.1, -0.05) is 25.8 Å². The molecule has 2 amide bonds. The number of anilines is 2. The highest BCUT2D eigenvalue weighted by molar-refractivity contribution is 7.90. The Bertz CT molecular complexity index is 1840. The van der Waals surface area contributed by atoms with Gasteiger partial charge < -0.3 is 29.7 Å². The lowest BCUT2D eigenvalue weighted by Crippen LogP contribution is -2.43. The van der Waals surface area contributed by atoms with Gasteiger partial charge in [0.05, 0.1) is 41.0 Å². The van der Waals surface area contributed by atoms with Crippen molar-refractivity contribution < 1.29 is 46.1 Å². The molecule has 272 valence electrons. The number of alkyl halides is 3. The number of phenolic OH excluding ortho intramolecular Hbond substituents is 1. The third-order valence-corrected chi connectivity index (χ3v) is 9.60. The number of halogens is 3. The van der Waals surface area contributed by atoms with E-state index < -0.39 is 51.3 Å². The van der Waals surface area contributed by atoms with Crippen molar-refractivity contribution in [3.05, 3.63) is 48.2 Å². The number of likely N-dealkylation sites (tertiary alicyclic amines) is 1. The summed E-state index contributed by atoms with van der Waals surface area (Å²) in [7, 11) is -2.74. The SMILES string of the molecule is CCC(=O)NS(=O)(=O)c1ccc(N(CC#Cc2cc3c(NC4CCN(CC(O)COC)CC4)cccc3n2CC(F)(F)F)C(=O)CC)c(O)c1.